The van der Waals surface area contributed by atoms with Gasteiger partial charge in [-0.15, -0.1) is 23.7 Å². The van der Waals surface area contributed by atoms with Gasteiger partial charge < -0.3 is 29.0 Å². The molecule has 0 fully saturated rings. The van der Waals surface area contributed by atoms with Crippen LogP contribution in [-0.4, -0.2) is 80.9 Å². The summed E-state index contributed by atoms with van der Waals surface area (Å²) < 4.78 is 22.6. The first-order chi connectivity index (χ1) is 25.1. The number of hydrogen-bond donors (Lipinski definition) is 1. The number of ether oxygens (including phenoxy) is 4. The molecule has 0 aromatic heterocycles. The summed E-state index contributed by atoms with van der Waals surface area (Å²) in [5.41, 5.74) is 0. The van der Waals surface area contributed by atoms with Gasteiger partial charge in [-0.05, 0) is 58.0 Å². The van der Waals surface area contributed by atoms with E-state index >= 15 is 0 Å². The Kier molecular flexibility index (Phi) is 39.0. The molecule has 51 heavy (non-hydrogen) atoms. The summed E-state index contributed by atoms with van der Waals surface area (Å²) in [6.45, 7) is 11.3. The Morgan fingerprint density at radius 1 is 0.510 bits per heavy atom. The van der Waals surface area contributed by atoms with E-state index in [4.69, 9.17) is 18.9 Å². The number of aliphatic hydroxyl groups is 1. The van der Waals surface area contributed by atoms with E-state index < -0.39 is 6.29 Å². The molecule has 0 aromatic rings. The predicted molar refractivity (Wildman–Crippen MR) is 209 cm³/mol. The average molecular weight is 720 g/mol. The SMILES string of the molecule is CCCC#CCCOC(CCC(=O)OCCCCCCN(CCO)CCCCCCCC(=O)OCCCCCCCCC)OCCC#CCCC. The standard InChI is InChI=1S/C43H77NO7/c1-4-7-10-13-14-21-26-37-48-41(46)30-23-16-15-17-24-33-44(35-36-45)34-25-18-22-27-38-49-42(47)31-32-43(50-39-28-19-11-8-5-2)51-40-29-20-12-9-6-3/h43,45H,4-10,13-18,21-40H2,1-3H3. The van der Waals surface area contributed by atoms with Crippen LogP contribution >= 0.6 is 0 Å². The lowest BCUT2D eigenvalue weighted by Gasteiger charge is -2.21. The van der Waals surface area contributed by atoms with Crippen molar-refractivity contribution in [3.8, 4) is 23.7 Å². The molecule has 0 saturated carbocycles. The van der Waals surface area contributed by atoms with E-state index in [-0.39, 0.29) is 25.0 Å². The maximum absolute atomic E-state index is 12.4. The maximum atomic E-state index is 12.4. The average Bonchev–Trinajstić information content (AvgIpc) is 3.13. The summed E-state index contributed by atoms with van der Waals surface area (Å²) in [6, 6.07) is 0. The van der Waals surface area contributed by atoms with Crippen LogP contribution in [0.25, 0.3) is 0 Å². The van der Waals surface area contributed by atoms with Crippen LogP contribution in [0.15, 0.2) is 0 Å². The third kappa shape index (κ3) is 37.5. The first-order valence-electron chi connectivity index (χ1n) is 20.9. The number of unbranched alkanes of at least 4 members (excludes halogenated alkanes) is 15. The Labute approximate surface area is 313 Å². The fourth-order valence-electron chi connectivity index (χ4n) is 5.52. The molecular weight excluding hydrogens is 642 g/mol. The van der Waals surface area contributed by atoms with Crippen molar-refractivity contribution < 1.29 is 33.6 Å². The first-order valence-corrected chi connectivity index (χ1v) is 20.9. The van der Waals surface area contributed by atoms with Gasteiger partial charge in [-0.3, -0.25) is 9.59 Å². The quantitative estimate of drug-likeness (QED) is 0.0296. The highest BCUT2D eigenvalue weighted by Crippen LogP contribution is 2.11. The summed E-state index contributed by atoms with van der Waals surface area (Å²) >= 11 is 0. The molecule has 0 aliphatic carbocycles. The molecular formula is C43H77NO7. The summed E-state index contributed by atoms with van der Waals surface area (Å²) in [5.74, 6) is 12.2. The van der Waals surface area contributed by atoms with Crippen molar-refractivity contribution in [2.45, 2.75) is 188 Å². The van der Waals surface area contributed by atoms with E-state index in [2.05, 4.69) is 49.4 Å². The minimum Gasteiger partial charge on any atom is -0.466 e. The zero-order valence-corrected chi connectivity index (χ0v) is 33.3. The topological polar surface area (TPSA) is 94.5 Å². The van der Waals surface area contributed by atoms with Crippen LogP contribution in [0.2, 0.25) is 0 Å². The maximum Gasteiger partial charge on any atom is 0.305 e. The molecule has 0 aromatic carbocycles. The van der Waals surface area contributed by atoms with Gasteiger partial charge in [0.25, 0.3) is 0 Å². The number of hydrogen-bond acceptors (Lipinski definition) is 8. The van der Waals surface area contributed by atoms with E-state index in [0.717, 1.165) is 109 Å². The van der Waals surface area contributed by atoms with Gasteiger partial charge in [0.2, 0.25) is 0 Å². The van der Waals surface area contributed by atoms with E-state index in [0.29, 0.717) is 58.7 Å². The number of rotatable bonds is 36. The Hall–Kier alpha value is -2.10. The van der Waals surface area contributed by atoms with E-state index in [1.54, 1.807) is 0 Å². The molecule has 8 heteroatoms. The second-order valence-corrected chi connectivity index (χ2v) is 13.5. The van der Waals surface area contributed by atoms with E-state index in [9.17, 15) is 14.7 Å². The van der Waals surface area contributed by atoms with Crippen molar-refractivity contribution in [3.05, 3.63) is 0 Å². The third-order valence-electron chi connectivity index (χ3n) is 8.56. The normalized spacial score (nSPS) is 10.9. The number of aliphatic hydroxyl groups excluding tert-OH is 1. The molecule has 0 bridgehead atoms. The Balaban J connectivity index is 3.96. The number of nitrogens with zero attached hydrogens (tertiary/aromatic N) is 1. The summed E-state index contributed by atoms with van der Waals surface area (Å²) in [6.07, 6.45) is 23.9. The van der Waals surface area contributed by atoms with Gasteiger partial charge in [-0.2, -0.15) is 0 Å². The fourth-order valence-corrected chi connectivity index (χ4v) is 5.52. The van der Waals surface area contributed by atoms with Gasteiger partial charge in [0.15, 0.2) is 6.29 Å². The highest BCUT2D eigenvalue weighted by molar-refractivity contribution is 5.69. The van der Waals surface area contributed by atoms with Crippen molar-refractivity contribution in [1.82, 2.24) is 4.90 Å². The van der Waals surface area contributed by atoms with Crippen molar-refractivity contribution in [2.75, 3.05) is 52.7 Å². The van der Waals surface area contributed by atoms with Crippen LogP contribution in [0.3, 0.4) is 0 Å². The van der Waals surface area contributed by atoms with Crippen LogP contribution in [0, 0.1) is 23.7 Å². The lowest BCUT2D eigenvalue weighted by Crippen LogP contribution is -2.29. The van der Waals surface area contributed by atoms with E-state index in [1.807, 2.05) is 0 Å². The van der Waals surface area contributed by atoms with Gasteiger partial charge in [0.05, 0.1) is 39.5 Å². The van der Waals surface area contributed by atoms with Crippen LogP contribution < -0.4 is 0 Å². The molecule has 0 rings (SSSR count). The molecule has 0 spiro atoms. The van der Waals surface area contributed by atoms with Gasteiger partial charge in [-0.25, -0.2) is 0 Å². The number of esters is 2. The highest BCUT2D eigenvalue weighted by atomic mass is 16.7. The smallest absolute Gasteiger partial charge is 0.305 e. The summed E-state index contributed by atoms with van der Waals surface area (Å²) in [5, 5.41) is 9.50. The summed E-state index contributed by atoms with van der Waals surface area (Å²) in [7, 11) is 0. The van der Waals surface area contributed by atoms with Crippen LogP contribution in [0.4, 0.5) is 0 Å². The van der Waals surface area contributed by atoms with Crippen molar-refractivity contribution >= 4 is 11.9 Å². The van der Waals surface area contributed by atoms with Gasteiger partial charge in [0, 0.05) is 45.1 Å². The lowest BCUT2D eigenvalue weighted by molar-refractivity contribution is -0.157. The number of carbonyl (C=O) groups excluding carboxylic acids is 2. The molecule has 0 saturated heterocycles. The molecule has 296 valence electrons. The molecule has 8 nitrogen and oxygen atoms in total. The second-order valence-electron chi connectivity index (χ2n) is 13.5. The predicted octanol–water partition coefficient (Wildman–Crippen LogP) is 9.55. The fraction of sp³-hybridized carbons (Fsp3) is 0.860. The van der Waals surface area contributed by atoms with Crippen LogP contribution in [0.1, 0.15) is 181 Å². The zero-order valence-electron chi connectivity index (χ0n) is 33.3. The molecule has 0 aliphatic rings. The zero-order chi connectivity index (χ0) is 37.3. The second kappa shape index (κ2) is 40.7. The van der Waals surface area contributed by atoms with Crippen molar-refractivity contribution in [2.24, 2.45) is 0 Å². The first kappa shape index (κ1) is 48.9. The van der Waals surface area contributed by atoms with Gasteiger partial charge >= 0.3 is 11.9 Å². The largest absolute Gasteiger partial charge is 0.466 e. The molecule has 0 aliphatic heterocycles. The van der Waals surface area contributed by atoms with Gasteiger partial charge in [0.1, 0.15) is 0 Å². The molecule has 0 heterocycles. The Morgan fingerprint density at radius 3 is 1.47 bits per heavy atom. The molecule has 0 amide bonds. The molecule has 0 unspecified atom stereocenters. The number of carbonyl (C=O) groups is 2. The summed E-state index contributed by atoms with van der Waals surface area (Å²) in [4.78, 5) is 26.7. The third-order valence-corrected chi connectivity index (χ3v) is 8.56. The highest BCUT2D eigenvalue weighted by Gasteiger charge is 2.13. The molecule has 1 N–H and O–H groups in total. The minimum atomic E-state index is -0.458. The van der Waals surface area contributed by atoms with Crippen molar-refractivity contribution in [1.29, 1.82) is 0 Å². The Morgan fingerprint density at radius 2 is 0.961 bits per heavy atom. The van der Waals surface area contributed by atoms with E-state index in [1.165, 1.54) is 32.1 Å². The van der Waals surface area contributed by atoms with Crippen LogP contribution in [0.5, 0.6) is 0 Å². The van der Waals surface area contributed by atoms with Crippen LogP contribution in [-0.2, 0) is 28.5 Å². The molecule has 0 atom stereocenters. The monoisotopic (exact) mass is 720 g/mol. The molecule has 0 radical (unpaired) electrons. The lowest BCUT2D eigenvalue weighted by atomic mass is 10.1. The minimum absolute atomic E-state index is 0.0485. The van der Waals surface area contributed by atoms with Gasteiger partial charge in [-0.1, -0.05) is 91.4 Å². The van der Waals surface area contributed by atoms with Crippen molar-refractivity contribution in [3.63, 3.8) is 0 Å². The Bertz CT molecular complexity index is 873.